The zero-order chi connectivity index (χ0) is 24.6. The SMILES string of the molecule is C[C@@H](CC1(c2nn[nH]n2)c2ccsc2CCc2cc(C(N)=O)sc21)NCC(=O)N1CCCC1C#N. The number of tetrazole rings is 1. The van der Waals surface area contributed by atoms with E-state index in [4.69, 9.17) is 5.73 Å². The first kappa shape index (κ1) is 23.6. The number of hydrogen-bond donors (Lipinski definition) is 3. The van der Waals surface area contributed by atoms with Gasteiger partial charge >= 0.3 is 0 Å². The number of amides is 2. The fraction of sp³-hybridized carbons (Fsp3) is 0.478. The third-order valence-corrected chi connectivity index (χ3v) is 9.26. The number of carbonyl (C=O) groups is 2. The summed E-state index contributed by atoms with van der Waals surface area (Å²) in [6.07, 6.45) is 3.76. The zero-order valence-corrected chi connectivity index (χ0v) is 20.9. The van der Waals surface area contributed by atoms with Crippen molar-refractivity contribution in [3.63, 3.8) is 0 Å². The molecule has 0 bridgehead atoms. The molecule has 2 amide bonds. The van der Waals surface area contributed by atoms with Crippen molar-refractivity contribution >= 4 is 34.5 Å². The molecule has 12 heteroatoms. The van der Waals surface area contributed by atoms with E-state index in [1.165, 1.54) is 16.2 Å². The summed E-state index contributed by atoms with van der Waals surface area (Å²) in [6.45, 7) is 2.79. The van der Waals surface area contributed by atoms with E-state index in [1.54, 1.807) is 16.2 Å². The molecule has 1 aliphatic carbocycles. The number of thiophene rings is 2. The molecule has 3 atom stereocenters. The Hall–Kier alpha value is -3.14. The topological polar surface area (TPSA) is 154 Å². The van der Waals surface area contributed by atoms with Crippen LogP contribution in [-0.4, -0.2) is 62.5 Å². The lowest BCUT2D eigenvalue weighted by atomic mass is 9.73. The lowest BCUT2D eigenvalue weighted by Crippen LogP contribution is -2.45. The van der Waals surface area contributed by atoms with Crippen molar-refractivity contribution < 1.29 is 9.59 Å². The van der Waals surface area contributed by atoms with Crippen LogP contribution < -0.4 is 11.1 Å². The van der Waals surface area contributed by atoms with Gasteiger partial charge in [0.05, 0.1) is 22.9 Å². The first-order valence-corrected chi connectivity index (χ1v) is 13.3. The Morgan fingerprint density at radius 3 is 3.06 bits per heavy atom. The molecule has 1 fully saturated rings. The number of fused-ring (bicyclic) bond motifs is 2. The number of nitrogens with zero attached hydrogens (tertiary/aromatic N) is 5. The number of hydrogen-bond acceptors (Lipinski definition) is 9. The molecule has 0 spiro atoms. The minimum Gasteiger partial charge on any atom is -0.365 e. The van der Waals surface area contributed by atoms with Crippen LogP contribution in [0.25, 0.3) is 0 Å². The fourth-order valence-electron chi connectivity index (χ4n) is 5.33. The Labute approximate surface area is 210 Å². The second-order valence-electron chi connectivity index (χ2n) is 9.09. The highest BCUT2D eigenvalue weighted by atomic mass is 32.1. The average molecular weight is 511 g/mol. The predicted molar refractivity (Wildman–Crippen MR) is 131 cm³/mol. The number of aromatic amines is 1. The minimum atomic E-state index is -0.745. The number of nitrogens with one attached hydrogen (secondary N) is 2. The van der Waals surface area contributed by atoms with Crippen molar-refractivity contribution in [1.29, 1.82) is 5.26 Å². The lowest BCUT2D eigenvalue weighted by molar-refractivity contribution is -0.130. The monoisotopic (exact) mass is 510 g/mol. The van der Waals surface area contributed by atoms with Crippen LogP contribution in [0, 0.1) is 11.3 Å². The smallest absolute Gasteiger partial charge is 0.258 e. The maximum Gasteiger partial charge on any atom is 0.258 e. The molecule has 4 heterocycles. The molecule has 1 aliphatic heterocycles. The normalized spacial score (nSPS) is 22.2. The maximum atomic E-state index is 12.8. The van der Waals surface area contributed by atoms with E-state index in [-0.39, 0.29) is 24.5 Å². The van der Waals surface area contributed by atoms with Gasteiger partial charge in [-0.15, -0.1) is 32.9 Å². The molecular formula is C23H26N8O2S2. The highest BCUT2D eigenvalue weighted by Gasteiger charge is 2.47. The largest absolute Gasteiger partial charge is 0.365 e. The summed E-state index contributed by atoms with van der Waals surface area (Å²) >= 11 is 3.09. The molecule has 0 saturated carbocycles. The van der Waals surface area contributed by atoms with E-state index in [2.05, 4.69) is 43.5 Å². The van der Waals surface area contributed by atoms with Gasteiger partial charge in [0.2, 0.25) is 5.91 Å². The molecule has 1 saturated heterocycles. The van der Waals surface area contributed by atoms with Crippen molar-refractivity contribution in [1.82, 2.24) is 30.8 Å². The number of rotatable bonds is 7. The van der Waals surface area contributed by atoms with Gasteiger partial charge < -0.3 is 16.0 Å². The first-order chi connectivity index (χ1) is 16.9. The number of nitrogens with two attached hydrogens (primary N) is 1. The highest BCUT2D eigenvalue weighted by Crippen LogP contribution is 2.50. The molecule has 5 rings (SSSR count). The molecule has 2 aliphatic rings. The van der Waals surface area contributed by atoms with Crippen LogP contribution in [-0.2, 0) is 23.1 Å². The van der Waals surface area contributed by atoms with Crippen LogP contribution in [0.1, 0.15) is 62.6 Å². The predicted octanol–water partition coefficient (Wildman–Crippen LogP) is 1.74. The van der Waals surface area contributed by atoms with Crippen molar-refractivity contribution in [3.05, 3.63) is 49.1 Å². The summed E-state index contributed by atoms with van der Waals surface area (Å²) in [6, 6.07) is 5.77. The van der Waals surface area contributed by atoms with Gasteiger partial charge in [-0.25, -0.2) is 0 Å². The first-order valence-electron chi connectivity index (χ1n) is 11.6. The minimum absolute atomic E-state index is 0.0700. The molecular weight excluding hydrogens is 484 g/mol. The van der Waals surface area contributed by atoms with Crippen LogP contribution >= 0.6 is 22.7 Å². The van der Waals surface area contributed by atoms with Crippen LogP contribution in [0.4, 0.5) is 0 Å². The summed E-state index contributed by atoms with van der Waals surface area (Å²) < 4.78 is 0. The van der Waals surface area contributed by atoms with Crippen molar-refractivity contribution in [2.75, 3.05) is 13.1 Å². The molecule has 0 aromatic carbocycles. The Balaban J connectivity index is 1.50. The lowest BCUT2D eigenvalue weighted by Gasteiger charge is -2.33. The van der Waals surface area contributed by atoms with Gasteiger partial charge in [0.25, 0.3) is 5.91 Å². The van der Waals surface area contributed by atoms with Gasteiger partial charge in [-0.2, -0.15) is 10.5 Å². The van der Waals surface area contributed by atoms with Gasteiger partial charge in [0.1, 0.15) is 6.04 Å². The Morgan fingerprint density at radius 1 is 1.46 bits per heavy atom. The average Bonchev–Trinajstić information content (AvgIpc) is 3.65. The van der Waals surface area contributed by atoms with Crippen molar-refractivity contribution in [2.45, 2.75) is 56.5 Å². The Bertz CT molecular complexity index is 1280. The van der Waals surface area contributed by atoms with Crippen LogP contribution in [0.2, 0.25) is 0 Å². The van der Waals surface area contributed by atoms with E-state index < -0.39 is 11.3 Å². The van der Waals surface area contributed by atoms with E-state index in [9.17, 15) is 14.9 Å². The number of primary amides is 1. The summed E-state index contributed by atoms with van der Waals surface area (Å²) in [7, 11) is 0. The van der Waals surface area contributed by atoms with Gasteiger partial charge in [-0.1, -0.05) is 5.21 Å². The second-order valence-corrected chi connectivity index (χ2v) is 11.1. The third-order valence-electron chi connectivity index (χ3n) is 6.93. The molecule has 35 heavy (non-hydrogen) atoms. The third kappa shape index (κ3) is 4.13. The van der Waals surface area contributed by atoms with Gasteiger partial charge in [0, 0.05) is 22.3 Å². The highest BCUT2D eigenvalue weighted by molar-refractivity contribution is 7.14. The Kier molecular flexibility index (Phi) is 6.39. The molecule has 2 unspecified atom stereocenters. The van der Waals surface area contributed by atoms with E-state index in [0.29, 0.717) is 23.7 Å². The summed E-state index contributed by atoms with van der Waals surface area (Å²) in [5.41, 5.74) is 7.08. The van der Waals surface area contributed by atoms with Gasteiger partial charge in [-0.3, -0.25) is 9.59 Å². The summed E-state index contributed by atoms with van der Waals surface area (Å²) in [4.78, 5) is 29.3. The van der Waals surface area contributed by atoms with E-state index in [0.717, 1.165) is 41.7 Å². The number of likely N-dealkylation sites (tertiary alicyclic amines) is 1. The summed E-state index contributed by atoms with van der Waals surface area (Å²) in [5.74, 6) is 0.00622. The quantitative estimate of drug-likeness (QED) is 0.437. The number of carbonyl (C=O) groups excluding carboxylic acids is 2. The van der Waals surface area contributed by atoms with Gasteiger partial charge in [-0.05, 0) is 67.7 Å². The molecule has 10 nitrogen and oxygen atoms in total. The molecule has 3 aromatic rings. The molecule has 182 valence electrons. The van der Waals surface area contributed by atoms with Crippen molar-refractivity contribution in [2.24, 2.45) is 5.73 Å². The molecule has 0 radical (unpaired) electrons. The van der Waals surface area contributed by atoms with E-state index >= 15 is 0 Å². The maximum absolute atomic E-state index is 12.8. The number of nitriles is 1. The zero-order valence-electron chi connectivity index (χ0n) is 19.3. The van der Waals surface area contributed by atoms with Crippen LogP contribution in [0.3, 0.4) is 0 Å². The second kappa shape index (κ2) is 9.49. The van der Waals surface area contributed by atoms with Crippen LogP contribution in [0.15, 0.2) is 17.5 Å². The summed E-state index contributed by atoms with van der Waals surface area (Å²) in [5, 5.41) is 30.1. The fourth-order valence-corrected chi connectivity index (χ4v) is 7.56. The molecule has 3 aromatic heterocycles. The van der Waals surface area contributed by atoms with Crippen molar-refractivity contribution in [3.8, 4) is 6.07 Å². The number of H-pyrrole nitrogens is 1. The number of aryl methyl sites for hydroxylation is 2. The van der Waals surface area contributed by atoms with E-state index in [1.807, 2.05) is 13.0 Å². The molecule has 4 N–H and O–H groups in total. The van der Waals surface area contributed by atoms with Crippen LogP contribution in [0.5, 0.6) is 0 Å². The Morgan fingerprint density at radius 2 is 2.31 bits per heavy atom. The number of aromatic nitrogens is 4. The standard InChI is InChI=1S/C23H26N8O2S2/c1-13(26-12-19(32)31-7-2-3-15(31)11-24)10-23(22-27-29-30-28-22)16-6-8-34-17(16)5-4-14-9-18(21(25)33)35-20(14)23/h6,8-9,13,15,26H,2-5,7,10,12H2,1H3,(H2,25,33)(H,27,28,29,30)/t13-,15?,23?/m0/s1. The van der Waals surface area contributed by atoms with Gasteiger partial charge in [0.15, 0.2) is 5.82 Å².